The number of rotatable bonds is 4. The SMILES string of the molecule is Cc1cc2ncn(-c3ccc(OC(C)(C)C)cc3)c2cc1-c1ccc(C(C)(C)O)cc1. The van der Waals surface area contributed by atoms with Crippen LogP contribution >= 0.6 is 0 Å². The van der Waals surface area contributed by atoms with Crippen molar-refractivity contribution in [3.05, 3.63) is 78.1 Å². The number of imidazole rings is 1. The number of ether oxygens (including phenoxy) is 1. The average Bonchev–Trinajstić information content (AvgIpc) is 3.09. The van der Waals surface area contributed by atoms with Gasteiger partial charge >= 0.3 is 0 Å². The van der Waals surface area contributed by atoms with Crippen LogP contribution in [0.1, 0.15) is 45.7 Å². The van der Waals surface area contributed by atoms with Crippen molar-refractivity contribution >= 4 is 11.0 Å². The molecule has 1 N–H and O–H groups in total. The highest BCUT2D eigenvalue weighted by molar-refractivity contribution is 5.85. The predicted molar refractivity (Wildman–Crippen MR) is 127 cm³/mol. The summed E-state index contributed by atoms with van der Waals surface area (Å²) >= 11 is 0. The second-order valence-corrected chi connectivity index (χ2v) is 9.62. The van der Waals surface area contributed by atoms with Crippen molar-refractivity contribution in [2.75, 3.05) is 0 Å². The van der Waals surface area contributed by atoms with Gasteiger partial charge in [-0.2, -0.15) is 0 Å². The van der Waals surface area contributed by atoms with Crippen LogP contribution < -0.4 is 4.74 Å². The number of aryl methyl sites for hydroxylation is 1. The summed E-state index contributed by atoms with van der Waals surface area (Å²) in [4.78, 5) is 4.62. The van der Waals surface area contributed by atoms with Gasteiger partial charge in [-0.3, -0.25) is 4.57 Å². The molecule has 0 aliphatic heterocycles. The number of hydrogen-bond donors (Lipinski definition) is 1. The molecule has 4 rings (SSSR count). The fraction of sp³-hybridized carbons (Fsp3) is 0.296. The molecule has 4 aromatic rings. The summed E-state index contributed by atoms with van der Waals surface area (Å²) in [7, 11) is 0. The smallest absolute Gasteiger partial charge is 0.120 e. The minimum atomic E-state index is -0.848. The van der Waals surface area contributed by atoms with Crippen LogP contribution in [0.4, 0.5) is 0 Å². The molecule has 3 aromatic carbocycles. The fourth-order valence-corrected chi connectivity index (χ4v) is 3.76. The Morgan fingerprint density at radius 1 is 0.871 bits per heavy atom. The molecule has 1 aromatic heterocycles. The second-order valence-electron chi connectivity index (χ2n) is 9.62. The maximum atomic E-state index is 10.2. The van der Waals surface area contributed by atoms with Crippen LogP contribution in [-0.4, -0.2) is 20.3 Å². The number of nitrogens with zero attached hydrogens (tertiary/aromatic N) is 2. The molecule has 0 atom stereocenters. The molecule has 4 heteroatoms. The molecule has 4 nitrogen and oxygen atoms in total. The topological polar surface area (TPSA) is 47.3 Å². The highest BCUT2D eigenvalue weighted by atomic mass is 16.5. The molecule has 0 spiro atoms. The Hall–Kier alpha value is -3.11. The summed E-state index contributed by atoms with van der Waals surface area (Å²) in [5.41, 5.74) is 6.32. The Balaban J connectivity index is 1.73. The first-order valence-corrected chi connectivity index (χ1v) is 10.6. The average molecular weight is 415 g/mol. The van der Waals surface area contributed by atoms with E-state index in [0.29, 0.717) is 0 Å². The van der Waals surface area contributed by atoms with Crippen molar-refractivity contribution < 1.29 is 9.84 Å². The number of fused-ring (bicyclic) bond motifs is 1. The number of aliphatic hydroxyl groups is 1. The van der Waals surface area contributed by atoms with Gasteiger partial charge in [-0.15, -0.1) is 0 Å². The maximum Gasteiger partial charge on any atom is 0.120 e. The van der Waals surface area contributed by atoms with Gasteiger partial charge in [-0.25, -0.2) is 4.98 Å². The number of aromatic nitrogens is 2. The van der Waals surface area contributed by atoms with Gasteiger partial charge in [0, 0.05) is 5.69 Å². The molecular weight excluding hydrogens is 384 g/mol. The monoisotopic (exact) mass is 414 g/mol. The minimum Gasteiger partial charge on any atom is -0.488 e. The highest BCUT2D eigenvalue weighted by Gasteiger charge is 2.16. The normalized spacial score (nSPS) is 12.4. The quantitative estimate of drug-likeness (QED) is 0.420. The van der Waals surface area contributed by atoms with Crippen LogP contribution in [0.25, 0.3) is 27.8 Å². The zero-order valence-corrected chi connectivity index (χ0v) is 19.1. The number of benzene rings is 3. The zero-order valence-electron chi connectivity index (χ0n) is 19.1. The Labute approximate surface area is 184 Å². The van der Waals surface area contributed by atoms with Crippen molar-refractivity contribution in [2.24, 2.45) is 0 Å². The molecule has 0 saturated carbocycles. The largest absolute Gasteiger partial charge is 0.488 e. The van der Waals surface area contributed by atoms with Crippen molar-refractivity contribution in [1.82, 2.24) is 9.55 Å². The van der Waals surface area contributed by atoms with Gasteiger partial charge in [0.25, 0.3) is 0 Å². The van der Waals surface area contributed by atoms with Gasteiger partial charge in [0.05, 0.1) is 16.6 Å². The molecule has 1 heterocycles. The molecule has 0 fully saturated rings. The van der Waals surface area contributed by atoms with E-state index in [-0.39, 0.29) is 5.60 Å². The van der Waals surface area contributed by atoms with E-state index in [1.807, 2.05) is 51.4 Å². The van der Waals surface area contributed by atoms with Gasteiger partial charge in [-0.05, 0) is 100 Å². The molecule has 0 saturated heterocycles. The number of hydrogen-bond acceptors (Lipinski definition) is 3. The van der Waals surface area contributed by atoms with Gasteiger partial charge in [0.2, 0.25) is 0 Å². The van der Waals surface area contributed by atoms with E-state index < -0.39 is 5.60 Å². The summed E-state index contributed by atoms with van der Waals surface area (Å²) < 4.78 is 8.05. The van der Waals surface area contributed by atoms with E-state index in [0.717, 1.165) is 39.2 Å². The summed E-state index contributed by atoms with van der Waals surface area (Å²) in [6.07, 6.45) is 1.87. The maximum absolute atomic E-state index is 10.2. The lowest BCUT2D eigenvalue weighted by atomic mass is 9.94. The first-order valence-electron chi connectivity index (χ1n) is 10.6. The summed E-state index contributed by atoms with van der Waals surface area (Å²) in [6, 6.07) is 20.5. The standard InChI is InChI=1S/C27H30N2O2/c1-18-15-24-25(16-23(18)19-7-9-20(10-8-19)27(5,6)30)29(17-28-24)21-11-13-22(14-12-21)31-26(2,3)4/h7-17,30H,1-6H3. The van der Waals surface area contributed by atoms with E-state index in [2.05, 4.69) is 52.9 Å². The van der Waals surface area contributed by atoms with Crippen molar-refractivity contribution in [3.63, 3.8) is 0 Å². The summed E-state index contributed by atoms with van der Waals surface area (Å²) in [5, 5.41) is 10.2. The Kier molecular flexibility index (Phi) is 5.14. The molecule has 0 amide bonds. The summed E-state index contributed by atoms with van der Waals surface area (Å²) in [5.74, 6) is 0.851. The third-order valence-corrected chi connectivity index (χ3v) is 5.33. The van der Waals surface area contributed by atoms with E-state index in [9.17, 15) is 5.11 Å². The molecule has 160 valence electrons. The molecule has 0 aliphatic rings. The van der Waals surface area contributed by atoms with Crippen LogP contribution in [0.5, 0.6) is 5.75 Å². The minimum absolute atomic E-state index is 0.226. The zero-order chi connectivity index (χ0) is 22.4. The second kappa shape index (κ2) is 7.54. The first-order chi connectivity index (χ1) is 14.5. The van der Waals surface area contributed by atoms with Crippen LogP contribution in [0.2, 0.25) is 0 Å². The Morgan fingerprint density at radius 3 is 2.10 bits per heavy atom. The molecule has 0 bridgehead atoms. The summed E-state index contributed by atoms with van der Waals surface area (Å²) in [6.45, 7) is 11.8. The lowest BCUT2D eigenvalue weighted by Crippen LogP contribution is -2.22. The van der Waals surface area contributed by atoms with Crippen molar-refractivity contribution in [2.45, 2.75) is 52.7 Å². The van der Waals surface area contributed by atoms with Gasteiger partial charge in [0.15, 0.2) is 0 Å². The van der Waals surface area contributed by atoms with Crippen LogP contribution in [0.3, 0.4) is 0 Å². The van der Waals surface area contributed by atoms with Crippen LogP contribution in [0, 0.1) is 6.92 Å². The van der Waals surface area contributed by atoms with E-state index in [1.54, 1.807) is 13.8 Å². The Morgan fingerprint density at radius 2 is 1.52 bits per heavy atom. The van der Waals surface area contributed by atoms with E-state index in [4.69, 9.17) is 4.74 Å². The van der Waals surface area contributed by atoms with Crippen LogP contribution in [0.15, 0.2) is 67.0 Å². The molecule has 31 heavy (non-hydrogen) atoms. The lowest BCUT2D eigenvalue weighted by molar-refractivity contribution is 0.0786. The van der Waals surface area contributed by atoms with Crippen molar-refractivity contribution in [3.8, 4) is 22.6 Å². The van der Waals surface area contributed by atoms with Gasteiger partial charge in [0.1, 0.15) is 17.7 Å². The Bertz CT molecular complexity index is 1210. The molecule has 0 radical (unpaired) electrons. The third-order valence-electron chi connectivity index (χ3n) is 5.33. The molecule has 0 unspecified atom stereocenters. The van der Waals surface area contributed by atoms with Crippen molar-refractivity contribution in [1.29, 1.82) is 0 Å². The van der Waals surface area contributed by atoms with Gasteiger partial charge < -0.3 is 9.84 Å². The third kappa shape index (κ3) is 4.49. The predicted octanol–water partition coefficient (Wildman–Crippen LogP) is 6.41. The highest BCUT2D eigenvalue weighted by Crippen LogP contribution is 2.31. The van der Waals surface area contributed by atoms with E-state index in [1.165, 1.54) is 5.56 Å². The fourth-order valence-electron chi connectivity index (χ4n) is 3.76. The van der Waals surface area contributed by atoms with E-state index >= 15 is 0 Å². The lowest BCUT2D eigenvalue weighted by Gasteiger charge is -2.21. The van der Waals surface area contributed by atoms with Crippen LogP contribution in [-0.2, 0) is 5.60 Å². The molecular formula is C27H30N2O2. The molecule has 0 aliphatic carbocycles. The van der Waals surface area contributed by atoms with Gasteiger partial charge in [-0.1, -0.05) is 24.3 Å². The first kappa shape index (κ1) is 21.1.